The van der Waals surface area contributed by atoms with Crippen molar-refractivity contribution in [2.75, 3.05) is 23.5 Å². The molecule has 1 heterocycles. The van der Waals surface area contributed by atoms with E-state index >= 15 is 0 Å². The second kappa shape index (κ2) is 10.3. The molecule has 3 aromatic rings. The molecule has 2 atom stereocenters. The molecule has 8 heteroatoms. The number of hydrogen-bond donors (Lipinski definition) is 4. The minimum absolute atomic E-state index is 0.0526. The molecule has 1 unspecified atom stereocenters. The van der Waals surface area contributed by atoms with Crippen LogP contribution < -0.4 is 10.6 Å². The molecule has 0 aliphatic carbocycles. The maximum Gasteiger partial charge on any atom is 0.229 e. The highest BCUT2D eigenvalue weighted by Gasteiger charge is 2.10. The minimum Gasteiger partial charge on any atom is -0.394 e. The molecule has 1 aromatic heterocycles. The van der Waals surface area contributed by atoms with Gasteiger partial charge in [0.25, 0.3) is 0 Å². The fourth-order valence-electron chi connectivity index (χ4n) is 2.81. The van der Waals surface area contributed by atoms with Crippen LogP contribution >= 0.6 is 0 Å². The molecule has 0 spiro atoms. The van der Waals surface area contributed by atoms with Crippen molar-refractivity contribution in [3.8, 4) is 11.8 Å². The van der Waals surface area contributed by atoms with Crippen LogP contribution in [0, 0.1) is 16.6 Å². The van der Waals surface area contributed by atoms with Gasteiger partial charge in [-0.1, -0.05) is 30.9 Å². The summed E-state index contributed by atoms with van der Waals surface area (Å²) in [5, 5.41) is 15.7. The lowest BCUT2D eigenvalue weighted by Crippen LogP contribution is -2.21. The summed E-state index contributed by atoms with van der Waals surface area (Å²) >= 11 is 0. The first-order valence-electron chi connectivity index (χ1n) is 10.2. The molecule has 0 radical (unpaired) electrons. The Morgan fingerprint density at radius 1 is 1.12 bits per heavy atom. The Morgan fingerprint density at radius 3 is 2.41 bits per heavy atom. The number of benzene rings is 2. The van der Waals surface area contributed by atoms with E-state index in [1.807, 2.05) is 19.1 Å². The van der Waals surface area contributed by atoms with Crippen molar-refractivity contribution >= 4 is 27.2 Å². The topological polar surface area (TPSA) is 111 Å². The lowest BCUT2D eigenvalue weighted by Gasteiger charge is -2.14. The molecule has 2 aromatic carbocycles. The van der Waals surface area contributed by atoms with Gasteiger partial charge in [-0.3, -0.25) is 0 Å². The van der Waals surface area contributed by atoms with Crippen molar-refractivity contribution in [3.63, 3.8) is 0 Å². The van der Waals surface area contributed by atoms with E-state index < -0.39 is 9.73 Å². The van der Waals surface area contributed by atoms with Crippen LogP contribution in [0.2, 0.25) is 0 Å². The average molecular weight is 450 g/mol. The smallest absolute Gasteiger partial charge is 0.229 e. The van der Waals surface area contributed by atoms with Crippen molar-refractivity contribution in [2.24, 2.45) is 0 Å². The summed E-state index contributed by atoms with van der Waals surface area (Å²) in [7, 11) is -2.76. The van der Waals surface area contributed by atoms with Gasteiger partial charge in [0.1, 0.15) is 5.82 Å². The first kappa shape index (κ1) is 23.3. The predicted molar refractivity (Wildman–Crippen MR) is 129 cm³/mol. The van der Waals surface area contributed by atoms with Crippen LogP contribution in [0.15, 0.2) is 59.6 Å². The van der Waals surface area contributed by atoms with E-state index in [1.165, 1.54) is 11.8 Å². The van der Waals surface area contributed by atoms with Crippen LogP contribution in [0.5, 0.6) is 0 Å². The fraction of sp³-hybridized carbons (Fsp3) is 0.250. The van der Waals surface area contributed by atoms with Gasteiger partial charge in [0.15, 0.2) is 0 Å². The third kappa shape index (κ3) is 6.30. The maximum absolute atomic E-state index is 11.8. The highest BCUT2D eigenvalue weighted by molar-refractivity contribution is 7.91. The summed E-state index contributed by atoms with van der Waals surface area (Å²) in [6, 6.07) is 14.6. The molecule has 4 N–H and O–H groups in total. The van der Waals surface area contributed by atoms with Crippen molar-refractivity contribution in [2.45, 2.75) is 31.2 Å². The summed E-state index contributed by atoms with van der Waals surface area (Å²) in [4.78, 5) is 9.34. The second-order valence-corrected chi connectivity index (χ2v) is 9.64. The lowest BCUT2D eigenvalue weighted by molar-refractivity contribution is 0.281. The Morgan fingerprint density at radius 2 is 1.81 bits per heavy atom. The molecule has 0 amide bonds. The van der Waals surface area contributed by atoms with Crippen LogP contribution in [-0.4, -0.2) is 38.2 Å². The summed E-state index contributed by atoms with van der Waals surface area (Å²) in [5.74, 6) is 7.12. The Labute approximate surface area is 189 Å². The van der Waals surface area contributed by atoms with Crippen LogP contribution in [0.25, 0.3) is 0 Å². The second-order valence-electron chi connectivity index (χ2n) is 7.48. The van der Waals surface area contributed by atoms with E-state index in [4.69, 9.17) is 4.78 Å². The Bertz CT molecular complexity index is 1230. The van der Waals surface area contributed by atoms with Gasteiger partial charge < -0.3 is 15.7 Å². The van der Waals surface area contributed by atoms with E-state index in [1.54, 1.807) is 30.5 Å². The number of aliphatic hydroxyl groups is 1. The predicted octanol–water partition coefficient (Wildman–Crippen LogP) is 4.01. The van der Waals surface area contributed by atoms with E-state index in [2.05, 4.69) is 51.5 Å². The van der Waals surface area contributed by atoms with Crippen molar-refractivity contribution < 1.29 is 9.32 Å². The van der Waals surface area contributed by atoms with E-state index in [0.29, 0.717) is 27.9 Å². The molecule has 0 saturated carbocycles. The number of rotatable bonds is 7. The first-order chi connectivity index (χ1) is 15.3. The zero-order valence-electron chi connectivity index (χ0n) is 18.3. The molecular weight excluding hydrogens is 422 g/mol. The van der Waals surface area contributed by atoms with Crippen LogP contribution in [0.1, 0.15) is 30.5 Å². The minimum atomic E-state index is -2.76. The number of aryl methyl sites for hydroxylation is 1. The number of aromatic nitrogens is 2. The Kier molecular flexibility index (Phi) is 7.46. The highest BCUT2D eigenvalue weighted by Crippen LogP contribution is 2.20. The monoisotopic (exact) mass is 449 g/mol. The van der Waals surface area contributed by atoms with Gasteiger partial charge >= 0.3 is 0 Å². The first-order valence-corrected chi connectivity index (χ1v) is 12.2. The van der Waals surface area contributed by atoms with Gasteiger partial charge in [0.05, 0.1) is 28.1 Å². The molecule has 3 rings (SSSR count). The van der Waals surface area contributed by atoms with E-state index in [-0.39, 0.29) is 12.6 Å². The SMILES string of the molecule is CCc1ccc(C#Cc2cnc(Nc3ccc(S(C)(=N)=O)cc3)nc2N[C@H](C)CO)cc1. The zero-order chi connectivity index (χ0) is 23.1. The molecule has 0 saturated heterocycles. The third-order valence-corrected chi connectivity index (χ3v) is 5.88. The number of aliphatic hydroxyl groups excluding tert-OH is 1. The fourth-order valence-corrected chi connectivity index (χ4v) is 3.47. The summed E-state index contributed by atoms with van der Waals surface area (Å²) in [6.07, 6.45) is 4.00. The highest BCUT2D eigenvalue weighted by atomic mass is 32.2. The molecule has 32 heavy (non-hydrogen) atoms. The molecule has 7 nitrogen and oxygen atoms in total. The maximum atomic E-state index is 11.8. The van der Waals surface area contributed by atoms with E-state index in [0.717, 1.165) is 12.0 Å². The normalized spacial score (nSPS) is 13.4. The van der Waals surface area contributed by atoms with Crippen LogP contribution in [0.3, 0.4) is 0 Å². The number of hydrogen-bond acceptors (Lipinski definition) is 7. The van der Waals surface area contributed by atoms with Gasteiger partial charge in [-0.05, 0) is 55.3 Å². The standard InChI is InChI=1S/C24H27N5O2S/c1-4-18-5-7-19(8-6-18)9-10-20-15-26-24(29-23(20)27-17(2)16-30)28-21-11-13-22(14-12-21)32(3,25)31/h5-8,11-15,17,25,30H,4,16H2,1-3H3,(H2,26,27,28,29)/t17-,32?/m1/s1. The lowest BCUT2D eigenvalue weighted by atomic mass is 10.1. The molecule has 0 fully saturated rings. The largest absolute Gasteiger partial charge is 0.394 e. The Hall–Kier alpha value is -3.41. The number of anilines is 3. The zero-order valence-corrected chi connectivity index (χ0v) is 19.2. The summed E-state index contributed by atoms with van der Waals surface area (Å²) in [5.41, 5.74) is 3.47. The quantitative estimate of drug-likeness (QED) is 0.406. The molecule has 0 aliphatic heterocycles. The number of nitrogens with zero attached hydrogens (tertiary/aromatic N) is 2. The average Bonchev–Trinajstić information content (AvgIpc) is 2.78. The Balaban J connectivity index is 1.86. The number of nitrogens with one attached hydrogen (secondary N) is 3. The van der Waals surface area contributed by atoms with Gasteiger partial charge in [-0.25, -0.2) is 14.0 Å². The molecule has 0 bridgehead atoms. The van der Waals surface area contributed by atoms with Crippen molar-refractivity contribution in [3.05, 3.63) is 71.4 Å². The van der Waals surface area contributed by atoms with Gasteiger partial charge in [0, 0.05) is 28.4 Å². The van der Waals surface area contributed by atoms with Gasteiger partial charge in [0.2, 0.25) is 5.95 Å². The molecule has 166 valence electrons. The van der Waals surface area contributed by atoms with Crippen molar-refractivity contribution in [1.29, 1.82) is 4.78 Å². The van der Waals surface area contributed by atoms with Crippen LogP contribution in [0.4, 0.5) is 17.5 Å². The van der Waals surface area contributed by atoms with Crippen molar-refractivity contribution in [1.82, 2.24) is 9.97 Å². The van der Waals surface area contributed by atoms with Gasteiger partial charge in [-0.2, -0.15) is 4.98 Å². The van der Waals surface area contributed by atoms with E-state index in [9.17, 15) is 9.32 Å². The third-order valence-electron chi connectivity index (χ3n) is 4.71. The molecular formula is C24H27N5O2S. The molecule has 0 aliphatic rings. The summed E-state index contributed by atoms with van der Waals surface area (Å²) < 4.78 is 19.5. The summed E-state index contributed by atoms with van der Waals surface area (Å²) in [6.45, 7) is 3.90. The van der Waals surface area contributed by atoms with Crippen LogP contribution in [-0.2, 0) is 16.1 Å². The van der Waals surface area contributed by atoms with Gasteiger partial charge in [-0.15, -0.1) is 0 Å².